The Kier molecular flexibility index (Phi) is 10.1. The zero-order valence-corrected chi connectivity index (χ0v) is 19.4. The van der Waals surface area contributed by atoms with E-state index in [1.165, 1.54) is 22.3 Å². The zero-order valence-electron chi connectivity index (χ0n) is 18.5. The summed E-state index contributed by atoms with van der Waals surface area (Å²) in [4.78, 5) is 13.5. The first-order chi connectivity index (χ1) is 14.6. The molecule has 1 atom stereocenters. The minimum Gasteiger partial charge on any atom is -0.499 e. The van der Waals surface area contributed by atoms with E-state index in [0.717, 1.165) is 44.3 Å². The monoisotopic (exact) mass is 443 g/mol. The summed E-state index contributed by atoms with van der Waals surface area (Å²) in [6.45, 7) is 7.22. The normalized spacial score (nSPS) is 16.3. The minimum atomic E-state index is -0.685. The fourth-order valence-corrected chi connectivity index (χ4v) is 4.24. The van der Waals surface area contributed by atoms with Crippen LogP contribution in [0, 0.1) is 5.92 Å². The van der Waals surface area contributed by atoms with Crippen molar-refractivity contribution >= 4 is 23.9 Å². The topological polar surface area (TPSA) is 49.8 Å². The van der Waals surface area contributed by atoms with Crippen molar-refractivity contribution in [3.63, 3.8) is 0 Å². The van der Waals surface area contributed by atoms with E-state index in [0.29, 0.717) is 13.2 Å². The van der Waals surface area contributed by atoms with Crippen molar-refractivity contribution in [2.24, 2.45) is 5.92 Å². The van der Waals surface area contributed by atoms with Gasteiger partial charge in [0.15, 0.2) is 0 Å². The number of piperidine rings is 1. The van der Waals surface area contributed by atoms with Gasteiger partial charge in [0.2, 0.25) is 0 Å². The number of ether oxygens (including phenoxy) is 1. The number of nitrogens with zero attached hydrogens (tertiary/aromatic N) is 1. The molecule has 0 radical (unpaired) electrons. The second-order valence-corrected chi connectivity index (χ2v) is 7.90. The maximum atomic E-state index is 11.3. The standard InChI is InChI=1S/C26H33NO3.ClH/c1-3-20-10-5-7-13-23(20)25(24-14-8-6-11-21(24)4-2)19-30-17-16-27-15-9-12-22(18-27)26(28)29;/h5-8,10-11,13-14,19,22H,3-4,9,12,15-18H2,1-2H3,(H,28,29);1H. The predicted octanol–water partition coefficient (Wildman–Crippen LogP) is 5.44. The smallest absolute Gasteiger partial charge is 0.307 e. The summed E-state index contributed by atoms with van der Waals surface area (Å²) < 4.78 is 6.05. The molecule has 1 fully saturated rings. The lowest BCUT2D eigenvalue weighted by molar-refractivity contribution is -0.143. The molecule has 0 aliphatic carbocycles. The van der Waals surface area contributed by atoms with Gasteiger partial charge < -0.3 is 9.84 Å². The number of aryl methyl sites for hydroxylation is 2. The molecule has 0 saturated carbocycles. The number of carboxylic acid groups (broad SMARTS) is 1. The van der Waals surface area contributed by atoms with Crippen LogP contribution in [0.25, 0.3) is 5.57 Å². The molecule has 2 aromatic carbocycles. The Morgan fingerprint density at radius 3 is 2.19 bits per heavy atom. The number of aliphatic carboxylic acids is 1. The number of halogens is 1. The lowest BCUT2D eigenvalue weighted by atomic mass is 9.90. The molecular weight excluding hydrogens is 410 g/mol. The molecule has 0 bridgehead atoms. The van der Waals surface area contributed by atoms with Gasteiger partial charge in [0.05, 0.1) is 12.2 Å². The molecule has 3 rings (SSSR count). The van der Waals surface area contributed by atoms with Crippen molar-refractivity contribution < 1.29 is 14.6 Å². The van der Waals surface area contributed by atoms with Crippen LogP contribution in [0.4, 0.5) is 0 Å². The van der Waals surface area contributed by atoms with Gasteiger partial charge in [0.1, 0.15) is 6.61 Å². The van der Waals surface area contributed by atoms with Gasteiger partial charge in [0, 0.05) is 18.7 Å². The predicted molar refractivity (Wildman–Crippen MR) is 129 cm³/mol. The SMILES string of the molecule is CCc1ccccc1C(=COCCN1CCCC(C(=O)O)C1)c1ccccc1CC.Cl. The number of likely N-dealkylation sites (tertiary alicyclic amines) is 1. The van der Waals surface area contributed by atoms with E-state index in [2.05, 4.69) is 67.3 Å². The highest BCUT2D eigenvalue weighted by Crippen LogP contribution is 2.29. The van der Waals surface area contributed by atoms with Crippen LogP contribution >= 0.6 is 12.4 Å². The lowest BCUT2D eigenvalue weighted by Crippen LogP contribution is -2.40. The van der Waals surface area contributed by atoms with E-state index in [1.54, 1.807) is 0 Å². The molecule has 0 amide bonds. The summed E-state index contributed by atoms with van der Waals surface area (Å²) in [7, 11) is 0. The summed E-state index contributed by atoms with van der Waals surface area (Å²) in [5.74, 6) is -0.937. The molecule has 0 spiro atoms. The average molecular weight is 444 g/mol. The fraction of sp³-hybridized carbons (Fsp3) is 0.423. The van der Waals surface area contributed by atoms with Crippen LogP contribution < -0.4 is 0 Å². The first kappa shape index (κ1) is 25.0. The van der Waals surface area contributed by atoms with Crippen LogP contribution in [0.2, 0.25) is 0 Å². The van der Waals surface area contributed by atoms with Crippen LogP contribution in [0.15, 0.2) is 54.8 Å². The third kappa shape index (κ3) is 6.59. The molecule has 5 heteroatoms. The van der Waals surface area contributed by atoms with E-state index in [-0.39, 0.29) is 18.3 Å². The van der Waals surface area contributed by atoms with Crippen molar-refractivity contribution in [1.82, 2.24) is 4.90 Å². The van der Waals surface area contributed by atoms with Crippen molar-refractivity contribution in [2.45, 2.75) is 39.5 Å². The average Bonchev–Trinajstić information content (AvgIpc) is 2.79. The molecule has 1 aliphatic rings. The van der Waals surface area contributed by atoms with Crippen molar-refractivity contribution in [3.8, 4) is 0 Å². The highest BCUT2D eigenvalue weighted by molar-refractivity contribution is 5.85. The highest BCUT2D eigenvalue weighted by Gasteiger charge is 2.25. The Balaban J connectivity index is 0.00000341. The Hall–Kier alpha value is -2.30. The molecule has 1 heterocycles. The van der Waals surface area contributed by atoms with Gasteiger partial charge in [0.25, 0.3) is 0 Å². The van der Waals surface area contributed by atoms with E-state index >= 15 is 0 Å². The fourth-order valence-electron chi connectivity index (χ4n) is 4.24. The van der Waals surface area contributed by atoms with Gasteiger partial charge in [-0.15, -0.1) is 12.4 Å². The van der Waals surface area contributed by atoms with E-state index < -0.39 is 5.97 Å². The Morgan fingerprint density at radius 1 is 1.06 bits per heavy atom. The Labute approximate surface area is 192 Å². The van der Waals surface area contributed by atoms with Gasteiger partial charge in [-0.3, -0.25) is 9.69 Å². The number of carboxylic acids is 1. The van der Waals surface area contributed by atoms with Crippen LogP contribution in [-0.4, -0.2) is 42.2 Å². The van der Waals surface area contributed by atoms with E-state index in [4.69, 9.17) is 4.74 Å². The van der Waals surface area contributed by atoms with Crippen molar-refractivity contribution in [2.75, 3.05) is 26.2 Å². The van der Waals surface area contributed by atoms with Crippen molar-refractivity contribution in [1.29, 1.82) is 0 Å². The molecule has 4 nitrogen and oxygen atoms in total. The van der Waals surface area contributed by atoms with Gasteiger partial charge in [-0.1, -0.05) is 62.4 Å². The molecule has 1 aliphatic heterocycles. The molecule has 0 aromatic heterocycles. The first-order valence-corrected chi connectivity index (χ1v) is 11.1. The maximum absolute atomic E-state index is 11.3. The minimum absolute atomic E-state index is 0. The third-order valence-corrected chi connectivity index (χ3v) is 5.96. The second-order valence-electron chi connectivity index (χ2n) is 7.90. The maximum Gasteiger partial charge on any atom is 0.307 e. The molecule has 168 valence electrons. The molecule has 1 unspecified atom stereocenters. The van der Waals surface area contributed by atoms with Crippen LogP contribution in [-0.2, 0) is 22.4 Å². The van der Waals surface area contributed by atoms with Gasteiger partial charge in [-0.05, 0) is 54.5 Å². The summed E-state index contributed by atoms with van der Waals surface area (Å²) >= 11 is 0. The number of benzene rings is 2. The molecule has 1 saturated heterocycles. The lowest BCUT2D eigenvalue weighted by Gasteiger charge is -2.30. The third-order valence-electron chi connectivity index (χ3n) is 5.96. The van der Waals surface area contributed by atoms with Gasteiger partial charge >= 0.3 is 5.97 Å². The summed E-state index contributed by atoms with van der Waals surface area (Å²) in [5.41, 5.74) is 6.15. The number of hydrogen-bond acceptors (Lipinski definition) is 3. The number of rotatable bonds is 9. The summed E-state index contributed by atoms with van der Waals surface area (Å²) in [6, 6.07) is 17.0. The number of hydrogen-bond donors (Lipinski definition) is 1. The highest BCUT2D eigenvalue weighted by atomic mass is 35.5. The van der Waals surface area contributed by atoms with Gasteiger partial charge in [-0.2, -0.15) is 0 Å². The Bertz CT molecular complexity index is 831. The molecule has 1 N–H and O–H groups in total. The largest absolute Gasteiger partial charge is 0.499 e. The summed E-state index contributed by atoms with van der Waals surface area (Å²) in [5, 5.41) is 9.28. The van der Waals surface area contributed by atoms with Crippen molar-refractivity contribution in [3.05, 3.63) is 77.0 Å². The molecule has 31 heavy (non-hydrogen) atoms. The zero-order chi connectivity index (χ0) is 21.3. The van der Waals surface area contributed by atoms with Crippen LogP contribution in [0.5, 0.6) is 0 Å². The van der Waals surface area contributed by atoms with E-state index in [9.17, 15) is 9.90 Å². The van der Waals surface area contributed by atoms with Crippen LogP contribution in [0.3, 0.4) is 0 Å². The quantitative estimate of drug-likeness (QED) is 0.414. The molecule has 2 aromatic rings. The second kappa shape index (κ2) is 12.5. The van der Waals surface area contributed by atoms with Crippen LogP contribution in [0.1, 0.15) is 48.9 Å². The van der Waals surface area contributed by atoms with E-state index in [1.807, 2.05) is 6.26 Å². The molecular formula is C26H34ClNO3. The first-order valence-electron chi connectivity index (χ1n) is 11.1. The van der Waals surface area contributed by atoms with Gasteiger partial charge in [-0.25, -0.2) is 0 Å². The number of carbonyl (C=O) groups is 1. The Morgan fingerprint density at radius 2 is 1.65 bits per heavy atom. The summed E-state index contributed by atoms with van der Waals surface area (Å²) in [6.07, 6.45) is 5.55.